The lowest BCUT2D eigenvalue weighted by Crippen LogP contribution is -2.60. The standard InChI is InChI=1S/C30H37N7O6/c1-4-23-29(41)34-26(19(3)38)30(42)33-24(14-20-8-6-5-7-9-20)28(40)31-16-22-17-37(36-35-22)12-13-43-25-15-21(27(39)32-23)11-10-18(25)2/h5-11,15,17,19,23-24,26,38H,4,12-14,16H2,1-3H3,(H,31,40)(H,32,39)(H,33,42)(H,34,41)/t19-,23+,24+,26+/m1/s1. The summed E-state index contributed by atoms with van der Waals surface area (Å²) in [5.74, 6) is -1.89. The summed E-state index contributed by atoms with van der Waals surface area (Å²) in [5.41, 5.74) is 2.40. The van der Waals surface area contributed by atoms with Crippen molar-refractivity contribution in [1.82, 2.24) is 36.3 Å². The van der Waals surface area contributed by atoms with E-state index >= 15 is 0 Å². The molecule has 0 saturated carbocycles. The lowest BCUT2D eigenvalue weighted by atomic mass is 10.0. The third-order valence-corrected chi connectivity index (χ3v) is 7.07. The fraction of sp³-hybridized carbons (Fsp3) is 0.400. The average molecular weight is 592 g/mol. The van der Waals surface area contributed by atoms with Crippen molar-refractivity contribution in [2.45, 2.75) is 70.9 Å². The number of rotatable bonds is 4. The molecule has 2 aromatic carbocycles. The van der Waals surface area contributed by atoms with E-state index in [1.807, 2.05) is 37.3 Å². The molecule has 1 aromatic heterocycles. The van der Waals surface area contributed by atoms with Crippen molar-refractivity contribution in [3.63, 3.8) is 0 Å². The molecule has 0 aliphatic carbocycles. The van der Waals surface area contributed by atoms with Gasteiger partial charge in [-0.25, -0.2) is 4.68 Å². The van der Waals surface area contributed by atoms with Crippen LogP contribution in [0, 0.1) is 6.92 Å². The molecule has 4 rings (SSSR count). The van der Waals surface area contributed by atoms with Crippen molar-refractivity contribution >= 4 is 23.6 Å². The van der Waals surface area contributed by atoms with Crippen LogP contribution in [0.25, 0.3) is 0 Å². The zero-order valence-corrected chi connectivity index (χ0v) is 24.4. The Labute approximate surface area is 249 Å². The van der Waals surface area contributed by atoms with Crippen LogP contribution in [0.4, 0.5) is 0 Å². The Morgan fingerprint density at radius 1 is 1.00 bits per heavy atom. The van der Waals surface area contributed by atoms with Crippen LogP contribution in [0.5, 0.6) is 5.75 Å². The number of carbonyl (C=O) groups is 4. The minimum atomic E-state index is -1.39. The number of ether oxygens (including phenoxy) is 1. The molecule has 4 amide bonds. The quantitative estimate of drug-likeness (QED) is 0.290. The van der Waals surface area contributed by atoms with Crippen molar-refractivity contribution in [2.75, 3.05) is 6.61 Å². The molecule has 228 valence electrons. The van der Waals surface area contributed by atoms with Crippen molar-refractivity contribution in [2.24, 2.45) is 0 Å². The SMILES string of the molecule is CC[C@@H]1NC(=O)c2ccc(C)c(c2)OCCn2cc(nn2)CNC(=O)[C@H](Cc2ccccc2)NC(=O)[C@H]([C@@H](C)O)NC1=O. The highest BCUT2D eigenvalue weighted by atomic mass is 16.5. The Kier molecular flexibility index (Phi) is 10.4. The fourth-order valence-electron chi connectivity index (χ4n) is 4.55. The third-order valence-electron chi connectivity index (χ3n) is 7.07. The number of fused-ring (bicyclic) bond motifs is 4. The zero-order valence-electron chi connectivity index (χ0n) is 24.4. The summed E-state index contributed by atoms with van der Waals surface area (Å²) in [6.45, 7) is 5.58. The highest BCUT2D eigenvalue weighted by molar-refractivity contribution is 5.99. The monoisotopic (exact) mass is 591 g/mol. The summed E-state index contributed by atoms with van der Waals surface area (Å²) in [4.78, 5) is 53.0. The van der Waals surface area contributed by atoms with Gasteiger partial charge in [0, 0.05) is 12.0 Å². The molecule has 4 atom stereocenters. The summed E-state index contributed by atoms with van der Waals surface area (Å²) >= 11 is 0. The number of benzene rings is 2. The van der Waals surface area contributed by atoms with Gasteiger partial charge >= 0.3 is 0 Å². The van der Waals surface area contributed by atoms with Gasteiger partial charge in [-0.2, -0.15) is 0 Å². The molecule has 0 spiro atoms. The smallest absolute Gasteiger partial charge is 0.252 e. The molecule has 1 aliphatic rings. The number of nitrogens with zero attached hydrogens (tertiary/aromatic N) is 3. The van der Waals surface area contributed by atoms with Gasteiger partial charge in [0.05, 0.1) is 25.4 Å². The second-order valence-electron chi connectivity index (χ2n) is 10.4. The van der Waals surface area contributed by atoms with Crippen molar-refractivity contribution in [1.29, 1.82) is 0 Å². The predicted octanol–water partition coefficient (Wildman–Crippen LogP) is 0.397. The number of nitrogens with one attached hydrogen (secondary N) is 4. The molecule has 1 aliphatic heterocycles. The lowest BCUT2D eigenvalue weighted by molar-refractivity contribution is -0.134. The van der Waals surface area contributed by atoms with Crippen LogP contribution in [0.15, 0.2) is 54.7 Å². The normalized spacial score (nSPS) is 21.3. The van der Waals surface area contributed by atoms with Gasteiger partial charge in [0.2, 0.25) is 17.7 Å². The predicted molar refractivity (Wildman–Crippen MR) is 156 cm³/mol. The lowest BCUT2D eigenvalue weighted by Gasteiger charge is -2.26. The minimum Gasteiger partial charge on any atom is -0.491 e. The second-order valence-corrected chi connectivity index (χ2v) is 10.4. The van der Waals surface area contributed by atoms with E-state index in [9.17, 15) is 24.3 Å². The molecular weight excluding hydrogens is 554 g/mol. The van der Waals surface area contributed by atoms with Crippen LogP contribution >= 0.6 is 0 Å². The number of carbonyl (C=O) groups excluding carboxylic acids is 4. The Balaban J connectivity index is 1.63. The van der Waals surface area contributed by atoms with E-state index in [4.69, 9.17) is 4.74 Å². The number of aryl methyl sites for hydroxylation is 1. The first kappa shape index (κ1) is 31.2. The van der Waals surface area contributed by atoms with Gasteiger partial charge in [-0.1, -0.05) is 48.5 Å². The highest BCUT2D eigenvalue weighted by Crippen LogP contribution is 2.20. The van der Waals surface area contributed by atoms with Gasteiger partial charge in [0.25, 0.3) is 5.91 Å². The number of aromatic nitrogens is 3. The van der Waals surface area contributed by atoms with E-state index in [1.165, 1.54) is 6.92 Å². The molecule has 13 heteroatoms. The molecule has 13 nitrogen and oxygen atoms in total. The highest BCUT2D eigenvalue weighted by Gasteiger charge is 2.32. The largest absolute Gasteiger partial charge is 0.491 e. The maximum Gasteiger partial charge on any atom is 0.252 e. The first-order valence-corrected chi connectivity index (χ1v) is 14.2. The van der Waals surface area contributed by atoms with Gasteiger partial charge < -0.3 is 31.1 Å². The number of hydrogen-bond donors (Lipinski definition) is 5. The maximum absolute atomic E-state index is 13.4. The first-order chi connectivity index (χ1) is 20.6. The zero-order chi connectivity index (χ0) is 30.9. The Morgan fingerprint density at radius 3 is 2.49 bits per heavy atom. The molecule has 0 saturated heterocycles. The Hall–Kier alpha value is -4.78. The van der Waals surface area contributed by atoms with Crippen molar-refractivity contribution < 1.29 is 29.0 Å². The van der Waals surface area contributed by atoms with Gasteiger partial charge in [0.1, 0.15) is 36.2 Å². The van der Waals surface area contributed by atoms with E-state index in [0.29, 0.717) is 23.6 Å². The Bertz CT molecular complexity index is 1440. The molecule has 43 heavy (non-hydrogen) atoms. The van der Waals surface area contributed by atoms with Gasteiger partial charge in [-0.15, -0.1) is 5.10 Å². The maximum atomic E-state index is 13.4. The van der Waals surface area contributed by atoms with Gasteiger partial charge in [-0.3, -0.25) is 19.2 Å². The topological polar surface area (TPSA) is 177 Å². The summed E-state index contributed by atoms with van der Waals surface area (Å²) in [7, 11) is 0. The number of hydrogen-bond acceptors (Lipinski definition) is 8. The molecule has 4 bridgehead atoms. The van der Waals surface area contributed by atoms with Crippen LogP contribution in [-0.4, -0.2) is 74.6 Å². The molecule has 3 aromatic rings. The van der Waals surface area contributed by atoms with Crippen LogP contribution in [0.3, 0.4) is 0 Å². The molecule has 2 heterocycles. The van der Waals surface area contributed by atoms with Gasteiger partial charge in [0.15, 0.2) is 0 Å². The first-order valence-electron chi connectivity index (χ1n) is 14.2. The Morgan fingerprint density at radius 2 is 1.77 bits per heavy atom. The van der Waals surface area contributed by atoms with Crippen LogP contribution in [0.2, 0.25) is 0 Å². The van der Waals surface area contributed by atoms with E-state index in [0.717, 1.165) is 11.1 Å². The second kappa shape index (κ2) is 14.4. The van der Waals surface area contributed by atoms with Crippen LogP contribution in [-0.2, 0) is 33.9 Å². The average Bonchev–Trinajstić information content (AvgIpc) is 3.45. The third kappa shape index (κ3) is 8.38. The summed E-state index contributed by atoms with van der Waals surface area (Å²) in [6.07, 6.45) is 0.761. The molecule has 5 N–H and O–H groups in total. The summed E-state index contributed by atoms with van der Waals surface area (Å²) in [5, 5.41) is 29.3. The van der Waals surface area contributed by atoms with E-state index < -0.39 is 47.9 Å². The molecule has 0 radical (unpaired) electrons. The van der Waals surface area contributed by atoms with Crippen molar-refractivity contribution in [3.05, 3.63) is 77.1 Å². The molecule has 0 fully saturated rings. The van der Waals surface area contributed by atoms with Crippen LogP contribution < -0.4 is 26.0 Å². The molecular formula is C30H37N7O6. The van der Waals surface area contributed by atoms with E-state index in [1.54, 1.807) is 36.0 Å². The molecule has 0 unspecified atom stereocenters. The summed E-state index contributed by atoms with van der Waals surface area (Å²) in [6, 6.07) is 10.7. The fourth-order valence-corrected chi connectivity index (χ4v) is 4.55. The number of amides is 4. The van der Waals surface area contributed by atoms with E-state index in [-0.39, 0.29) is 26.0 Å². The van der Waals surface area contributed by atoms with Crippen molar-refractivity contribution in [3.8, 4) is 5.75 Å². The van der Waals surface area contributed by atoms with Gasteiger partial charge in [-0.05, 0) is 43.5 Å². The summed E-state index contributed by atoms with van der Waals surface area (Å²) < 4.78 is 7.49. The van der Waals surface area contributed by atoms with E-state index in [2.05, 4.69) is 31.6 Å². The minimum absolute atomic E-state index is 0.0601. The number of aliphatic hydroxyl groups excluding tert-OH is 1. The number of aliphatic hydroxyl groups is 1. The van der Waals surface area contributed by atoms with Crippen LogP contribution in [0.1, 0.15) is 47.4 Å².